The Morgan fingerprint density at radius 1 is 1.37 bits per heavy atom. The van der Waals surface area contributed by atoms with Crippen LogP contribution in [0.25, 0.3) is 0 Å². The molecule has 3 amide bonds. The Kier molecular flexibility index (Phi) is 3.59. The maximum atomic E-state index is 12.2. The van der Waals surface area contributed by atoms with Gasteiger partial charge >= 0.3 is 6.03 Å². The number of hydrogen-bond donors (Lipinski definition) is 2. The Balaban J connectivity index is 1.52. The normalized spacial score (nSPS) is 27.8. The lowest BCUT2D eigenvalue weighted by molar-refractivity contribution is -0.122. The van der Waals surface area contributed by atoms with Gasteiger partial charge in [-0.15, -0.1) is 0 Å². The molecule has 3 aliphatic rings. The predicted molar refractivity (Wildman–Crippen MR) is 70.7 cm³/mol. The number of carbonyl (C=O) groups excluding carboxylic acids is 2. The van der Waals surface area contributed by atoms with E-state index in [2.05, 4.69) is 10.6 Å². The minimum absolute atomic E-state index is 0.00643. The van der Waals surface area contributed by atoms with Gasteiger partial charge < -0.3 is 20.4 Å². The third-order valence-corrected chi connectivity index (χ3v) is 4.35. The van der Waals surface area contributed by atoms with Crippen LogP contribution < -0.4 is 10.6 Å². The van der Waals surface area contributed by atoms with Crippen LogP contribution in [-0.4, -0.2) is 66.5 Å². The zero-order chi connectivity index (χ0) is 13.2. The van der Waals surface area contributed by atoms with Gasteiger partial charge in [0.2, 0.25) is 5.91 Å². The summed E-state index contributed by atoms with van der Waals surface area (Å²) in [6.07, 6.45) is 4.57. The zero-order valence-corrected chi connectivity index (χ0v) is 11.2. The molecule has 2 saturated heterocycles. The van der Waals surface area contributed by atoms with Crippen molar-refractivity contribution in [3.8, 4) is 0 Å². The van der Waals surface area contributed by atoms with Crippen molar-refractivity contribution in [2.24, 2.45) is 0 Å². The van der Waals surface area contributed by atoms with Crippen molar-refractivity contribution in [2.75, 3.05) is 32.7 Å². The lowest BCUT2D eigenvalue weighted by atomic mass is 10.2. The number of urea groups is 1. The van der Waals surface area contributed by atoms with Crippen LogP contribution in [0.4, 0.5) is 4.79 Å². The minimum Gasteiger partial charge on any atom is -0.352 e. The minimum atomic E-state index is -0.00643. The molecule has 0 radical (unpaired) electrons. The van der Waals surface area contributed by atoms with E-state index in [1.807, 2.05) is 4.90 Å². The molecule has 2 aliphatic heterocycles. The first kappa shape index (κ1) is 12.7. The van der Waals surface area contributed by atoms with Gasteiger partial charge in [-0.2, -0.15) is 0 Å². The largest absolute Gasteiger partial charge is 0.352 e. The lowest BCUT2D eigenvalue weighted by Gasteiger charge is -2.28. The SMILES string of the molecule is O=C(CN1CC2CNCCN2C1=O)NC1CCCC1. The molecule has 6 heteroatoms. The van der Waals surface area contributed by atoms with Gasteiger partial charge in [0.05, 0.1) is 6.04 Å². The fraction of sp³-hybridized carbons (Fsp3) is 0.846. The molecule has 2 heterocycles. The van der Waals surface area contributed by atoms with E-state index in [-0.39, 0.29) is 24.5 Å². The second-order valence-corrected chi connectivity index (χ2v) is 5.76. The van der Waals surface area contributed by atoms with Crippen molar-refractivity contribution >= 4 is 11.9 Å². The number of rotatable bonds is 3. The summed E-state index contributed by atoms with van der Waals surface area (Å²) < 4.78 is 0. The maximum absolute atomic E-state index is 12.2. The van der Waals surface area contributed by atoms with E-state index in [1.165, 1.54) is 12.8 Å². The Morgan fingerprint density at radius 3 is 2.89 bits per heavy atom. The summed E-state index contributed by atoms with van der Waals surface area (Å²) in [6.45, 7) is 3.33. The summed E-state index contributed by atoms with van der Waals surface area (Å²) in [6, 6.07) is 0.586. The maximum Gasteiger partial charge on any atom is 0.320 e. The molecule has 19 heavy (non-hydrogen) atoms. The van der Waals surface area contributed by atoms with E-state index in [9.17, 15) is 9.59 Å². The molecule has 6 nitrogen and oxygen atoms in total. The molecule has 0 aromatic rings. The number of nitrogens with one attached hydrogen (secondary N) is 2. The zero-order valence-electron chi connectivity index (χ0n) is 11.2. The van der Waals surface area contributed by atoms with E-state index >= 15 is 0 Å². The first-order chi connectivity index (χ1) is 9.24. The highest BCUT2D eigenvalue weighted by Crippen LogP contribution is 2.19. The fourth-order valence-corrected chi connectivity index (χ4v) is 3.34. The smallest absolute Gasteiger partial charge is 0.320 e. The second kappa shape index (κ2) is 5.36. The second-order valence-electron chi connectivity index (χ2n) is 5.76. The highest BCUT2D eigenvalue weighted by atomic mass is 16.2. The van der Waals surface area contributed by atoms with E-state index in [0.29, 0.717) is 12.6 Å². The molecule has 0 spiro atoms. The highest BCUT2D eigenvalue weighted by molar-refractivity contribution is 5.85. The first-order valence-electron chi connectivity index (χ1n) is 7.29. The van der Waals surface area contributed by atoms with Gasteiger partial charge in [0, 0.05) is 32.2 Å². The van der Waals surface area contributed by atoms with E-state index < -0.39 is 0 Å². The van der Waals surface area contributed by atoms with Crippen molar-refractivity contribution in [1.82, 2.24) is 20.4 Å². The average Bonchev–Trinajstić information content (AvgIpc) is 3.00. The van der Waals surface area contributed by atoms with Gasteiger partial charge in [0.1, 0.15) is 6.54 Å². The molecule has 0 bridgehead atoms. The van der Waals surface area contributed by atoms with Crippen LogP contribution in [0, 0.1) is 0 Å². The van der Waals surface area contributed by atoms with Gasteiger partial charge in [0.15, 0.2) is 0 Å². The summed E-state index contributed by atoms with van der Waals surface area (Å²) >= 11 is 0. The summed E-state index contributed by atoms with van der Waals surface area (Å²) in [4.78, 5) is 27.7. The number of piperazine rings is 1. The van der Waals surface area contributed by atoms with Crippen LogP contribution >= 0.6 is 0 Å². The molecule has 1 atom stereocenters. The van der Waals surface area contributed by atoms with Crippen molar-refractivity contribution in [2.45, 2.75) is 37.8 Å². The molecule has 0 aromatic heterocycles. The Hall–Kier alpha value is -1.30. The molecule has 3 rings (SSSR count). The average molecular weight is 266 g/mol. The van der Waals surface area contributed by atoms with E-state index in [1.54, 1.807) is 4.90 Å². The summed E-state index contributed by atoms with van der Waals surface area (Å²) in [5.74, 6) is -0.00643. The van der Waals surface area contributed by atoms with Crippen LogP contribution in [0.2, 0.25) is 0 Å². The number of nitrogens with zero attached hydrogens (tertiary/aromatic N) is 2. The topological polar surface area (TPSA) is 64.7 Å². The molecule has 1 saturated carbocycles. The molecule has 0 aromatic carbocycles. The van der Waals surface area contributed by atoms with Crippen LogP contribution in [0.3, 0.4) is 0 Å². The van der Waals surface area contributed by atoms with Gasteiger partial charge in [-0.25, -0.2) is 4.79 Å². The molecule has 3 fully saturated rings. The number of hydrogen-bond acceptors (Lipinski definition) is 3. The molecule has 1 unspecified atom stereocenters. The molecular weight excluding hydrogens is 244 g/mol. The van der Waals surface area contributed by atoms with E-state index in [0.717, 1.165) is 32.5 Å². The van der Waals surface area contributed by atoms with Crippen LogP contribution in [0.15, 0.2) is 0 Å². The number of fused-ring (bicyclic) bond motifs is 1. The van der Waals surface area contributed by atoms with Crippen molar-refractivity contribution < 1.29 is 9.59 Å². The van der Waals surface area contributed by atoms with Crippen molar-refractivity contribution in [3.05, 3.63) is 0 Å². The van der Waals surface area contributed by atoms with Gasteiger partial charge in [0.25, 0.3) is 0 Å². The molecule has 1 aliphatic carbocycles. The van der Waals surface area contributed by atoms with Crippen LogP contribution in [0.5, 0.6) is 0 Å². The third-order valence-electron chi connectivity index (χ3n) is 4.35. The van der Waals surface area contributed by atoms with Crippen LogP contribution in [-0.2, 0) is 4.79 Å². The summed E-state index contributed by atoms with van der Waals surface area (Å²) in [5.41, 5.74) is 0. The summed E-state index contributed by atoms with van der Waals surface area (Å²) in [5, 5.41) is 6.33. The van der Waals surface area contributed by atoms with Gasteiger partial charge in [-0.1, -0.05) is 12.8 Å². The molecule has 2 N–H and O–H groups in total. The Bertz CT molecular complexity index is 368. The van der Waals surface area contributed by atoms with Gasteiger partial charge in [-0.05, 0) is 12.8 Å². The first-order valence-corrected chi connectivity index (χ1v) is 7.29. The standard InChI is InChI=1S/C13H22N4O2/c18-12(15-10-3-1-2-4-10)9-16-8-11-7-14-5-6-17(11)13(16)19/h10-11,14H,1-9H2,(H,15,18). The highest BCUT2D eigenvalue weighted by Gasteiger charge is 2.39. The number of amides is 3. The van der Waals surface area contributed by atoms with Crippen LogP contribution in [0.1, 0.15) is 25.7 Å². The fourth-order valence-electron chi connectivity index (χ4n) is 3.34. The van der Waals surface area contributed by atoms with E-state index in [4.69, 9.17) is 0 Å². The van der Waals surface area contributed by atoms with Crippen molar-refractivity contribution in [3.63, 3.8) is 0 Å². The quantitative estimate of drug-likeness (QED) is 0.740. The monoisotopic (exact) mass is 266 g/mol. The lowest BCUT2D eigenvalue weighted by Crippen LogP contribution is -2.50. The Labute approximate surface area is 113 Å². The molecule has 106 valence electrons. The third kappa shape index (κ3) is 2.68. The van der Waals surface area contributed by atoms with Crippen molar-refractivity contribution in [1.29, 1.82) is 0 Å². The molecular formula is C13H22N4O2. The van der Waals surface area contributed by atoms with Gasteiger partial charge in [-0.3, -0.25) is 4.79 Å². The summed E-state index contributed by atoms with van der Waals surface area (Å²) in [7, 11) is 0. The predicted octanol–water partition coefficient (Wildman–Crippen LogP) is -0.245. The number of carbonyl (C=O) groups is 2. The Morgan fingerprint density at radius 2 is 2.16 bits per heavy atom.